The molecule has 1 aliphatic heterocycles. The largest absolute Gasteiger partial charge is 0.482 e. The lowest BCUT2D eigenvalue weighted by atomic mass is 9.84. The molecule has 6 aromatic rings. The Morgan fingerprint density at radius 1 is 0.448 bits per heavy atom. The Morgan fingerprint density at radius 2 is 0.881 bits per heavy atom. The minimum absolute atomic E-state index is 0.0199. The van der Waals surface area contributed by atoms with E-state index in [1.807, 2.05) is 30.3 Å². The molecule has 2 aliphatic rings. The predicted octanol–water partition coefficient (Wildman–Crippen LogP) is 0.416. The van der Waals surface area contributed by atoms with E-state index in [-0.39, 0.29) is 87.6 Å². The molecule has 8 rings (SSSR count). The van der Waals surface area contributed by atoms with E-state index in [2.05, 4.69) is 89.7 Å². The summed E-state index contributed by atoms with van der Waals surface area (Å²) in [6.45, 7) is 14.5. The number of carboxylic acid groups (broad SMARTS) is 2. The molecule has 0 spiro atoms. The molecule has 1 saturated carbocycles. The zero-order chi connectivity index (χ0) is 105. The van der Waals surface area contributed by atoms with Gasteiger partial charge in [0.15, 0.2) is 6.61 Å². The Kier molecular flexibility index (Phi) is 45.3. The molecule has 16 atom stereocenters. The smallest absolute Gasteiger partial charge is 0.341 e. The van der Waals surface area contributed by atoms with Crippen LogP contribution >= 0.6 is 11.8 Å². The number of carboxylic acids is 2. The van der Waals surface area contributed by atoms with E-state index in [0.29, 0.717) is 52.2 Å². The van der Waals surface area contributed by atoms with Crippen molar-refractivity contribution in [2.75, 3.05) is 31.2 Å². The molecular weight excluding hydrogens is 1870 g/mol. The van der Waals surface area contributed by atoms with Gasteiger partial charge in [0.05, 0.1) is 18.3 Å². The highest BCUT2D eigenvalue weighted by Gasteiger charge is 2.42. The number of nitrogens with one attached hydrogen (secondary N) is 16. The van der Waals surface area contributed by atoms with E-state index >= 15 is 38.4 Å². The number of rotatable bonds is 30. The van der Waals surface area contributed by atoms with Gasteiger partial charge in [0.25, 0.3) is 0 Å². The first kappa shape index (κ1) is 114. The summed E-state index contributed by atoms with van der Waals surface area (Å²) in [6.07, 6.45) is 3.57. The van der Waals surface area contributed by atoms with Crippen LogP contribution in [0.4, 0.5) is 0 Å². The van der Waals surface area contributed by atoms with Crippen LogP contribution in [0.1, 0.15) is 162 Å². The number of benzene rings is 4. The number of nitrogens with zero attached hydrogens (tertiary/aromatic N) is 1. The molecule has 1 aliphatic carbocycles. The Morgan fingerprint density at radius 3 is 1.41 bits per heavy atom. The molecule has 1 unspecified atom stereocenters. The van der Waals surface area contributed by atoms with Crippen LogP contribution in [0.2, 0.25) is 0 Å². The van der Waals surface area contributed by atoms with Gasteiger partial charge in [-0.1, -0.05) is 172 Å². The first-order valence-electron chi connectivity index (χ1n) is 48.2. The summed E-state index contributed by atoms with van der Waals surface area (Å²) in [7, 11) is 0. The van der Waals surface area contributed by atoms with Crippen LogP contribution in [0.5, 0.6) is 5.75 Å². The number of fused-ring (bicyclic) bond motifs is 1. The number of aromatic amines is 1. The van der Waals surface area contributed by atoms with Gasteiger partial charge < -0.3 is 122 Å². The van der Waals surface area contributed by atoms with Crippen molar-refractivity contribution >= 4 is 129 Å². The minimum atomic E-state index is -2.11. The van der Waals surface area contributed by atoms with Gasteiger partial charge >= 0.3 is 11.9 Å². The van der Waals surface area contributed by atoms with Gasteiger partial charge in [0.1, 0.15) is 96.4 Å². The van der Waals surface area contributed by atoms with Crippen molar-refractivity contribution in [2.24, 2.45) is 46.8 Å². The summed E-state index contributed by atoms with van der Waals surface area (Å²) in [6, 6.07) is 7.65. The summed E-state index contributed by atoms with van der Waals surface area (Å²) in [5, 5.41) is 71.6. The van der Waals surface area contributed by atoms with Gasteiger partial charge in [-0.25, -0.2) is 4.79 Å². The highest BCUT2D eigenvalue weighted by atomic mass is 32.2. The average molecular weight is 2000 g/mol. The molecule has 0 radical (unpaired) electrons. The van der Waals surface area contributed by atoms with Crippen LogP contribution in [-0.2, 0) is 112 Å². The number of aliphatic hydroxyl groups is 1. The minimum Gasteiger partial charge on any atom is -0.482 e. The average Bonchev–Trinajstić information content (AvgIpc) is 1.75. The number of hydrogen-bond donors (Lipinski definition) is 22. The summed E-state index contributed by atoms with van der Waals surface area (Å²) in [5.41, 5.74) is 21.5. The Bertz CT molecular complexity index is 5360. The molecule has 0 bridgehead atoms. The third kappa shape index (κ3) is 36.5. The number of aromatic nitrogens is 2. The number of amides is 16. The van der Waals surface area contributed by atoms with E-state index < -0.39 is 252 Å². The number of carbonyl (C=O) groups is 18. The van der Waals surface area contributed by atoms with E-state index in [0.717, 1.165) is 37.3 Å². The van der Waals surface area contributed by atoms with E-state index in [1.54, 1.807) is 110 Å². The van der Waals surface area contributed by atoms with Crippen molar-refractivity contribution in [1.82, 2.24) is 89.7 Å². The van der Waals surface area contributed by atoms with Gasteiger partial charge in [-0.2, -0.15) is 0 Å². The number of hydrogen-bond acceptors (Lipinski definition) is 24. The maximum absolute atomic E-state index is 15.5. The number of ether oxygens (including phenoxy) is 1. The van der Waals surface area contributed by atoms with Crippen molar-refractivity contribution in [2.45, 2.75) is 262 Å². The van der Waals surface area contributed by atoms with Gasteiger partial charge in [0.2, 0.25) is 94.5 Å². The molecule has 2 fully saturated rings. The second kappa shape index (κ2) is 56.6. The molecule has 42 nitrogen and oxygen atoms in total. The molecule has 43 heteroatoms. The summed E-state index contributed by atoms with van der Waals surface area (Å²) in [4.78, 5) is 269. The van der Waals surface area contributed by atoms with Gasteiger partial charge in [-0.3, -0.25) is 86.5 Å². The second-order valence-corrected chi connectivity index (χ2v) is 38.7. The summed E-state index contributed by atoms with van der Waals surface area (Å²) >= 11 is 0.699. The molecule has 4 aromatic carbocycles. The van der Waals surface area contributed by atoms with E-state index in [1.165, 1.54) is 55.7 Å². The lowest BCUT2D eigenvalue weighted by Gasteiger charge is -2.31. The van der Waals surface area contributed by atoms with Crippen LogP contribution in [0.3, 0.4) is 0 Å². The third-order valence-corrected chi connectivity index (χ3v) is 25.5. The maximum Gasteiger partial charge on any atom is 0.341 e. The maximum atomic E-state index is 15.5. The first-order chi connectivity index (χ1) is 68.0. The quantitative estimate of drug-likeness (QED) is 0.0290. The third-order valence-electron chi connectivity index (χ3n) is 24.5. The van der Waals surface area contributed by atoms with Crippen molar-refractivity contribution in [3.63, 3.8) is 0 Å². The summed E-state index contributed by atoms with van der Waals surface area (Å²) < 4.78 is 5.34. The first-order valence-corrected chi connectivity index (χ1v) is 49.4. The Labute approximate surface area is 834 Å². The standard InChI is InChI=1S/C100H138N20O22S/c1-53(2)42-71-89(130)108-70(35-39-102)88(129)111-74(43-59-20-13-11-14-21-59)93(134)119-84(56(7)8)99(140)120-85(58(10)121)100(141)116-78(96(137)106-57(9)86(103)127)51-143-52-79(122)107-72(46-62-36-40-104-41-37-62)90(131)112-73(45-61-29-33-66(34-30-61)142-50-81(125)126)91(132)114-77(48-80(123)124)92(133)113-76(47-65-49-105-68-25-18-17-24-67(65)68)95(136)118-83(55(5)6)98(139)115-75(44-60-27-31-64(32-28-60)63-22-15-12-16-23-63)94(135)117-82(54(3)4)97(138)109-69(26-19-38-101)87(128)110-71/h12,15-18,22-25,27-34,36-37,40-41,49,53-59,69-78,82-85,105,121H,11,13-14,19-21,26,35,38-39,42-48,50-52,101-102H2,1-10H3,(H2,103,127)(H,106,137)(H,107,122)(H,108,130)(H,109,138)(H,110,128)(H,111,129)(H,112,131)(H,113,133)(H,114,132)(H,115,139)(H,116,141)(H,117,135)(H,118,136)(H,119,134)(H,120,140)(H,123,124)(H,125,126)/t57-,58?,69-,70-,71+,72-,73-,74-,75-,76-,77-,78-,82-,83-,84-,85-/m0/s1. The molecule has 3 heterocycles. The molecule has 16 amide bonds. The van der Waals surface area contributed by atoms with Crippen molar-refractivity contribution in [3.05, 3.63) is 156 Å². The number of nitrogens with two attached hydrogens (primary N) is 3. The number of thioether (sulfide) groups is 1. The normalized spacial score (nSPS) is 23.6. The number of pyridine rings is 1. The monoisotopic (exact) mass is 2000 g/mol. The number of aliphatic hydroxyl groups excluding tert-OH is 1. The SMILES string of the molecule is CC(C)C[C@H]1NC(=O)[C@H](CCCN)NC(=O)[C@H](C(C)C)NC(=O)[C@H](Cc2ccc(-c3ccccc3)cc2)NC(=O)[C@H](C(C)C)NC(=O)[C@H](Cc2c[nH]c3ccccc23)NC(=O)[C@H](CC(=O)O)NC(=O)[C@H](Cc2ccc(OCC(=O)O)cc2)NC(=O)[C@H](Cc2ccncc2)NC(=O)CSC[C@@H](C(=O)N[C@@H](C)C(N)=O)NC(=O)[C@H](C(C)O)NC(=O)[C@H](C(C)C)NC(=O)[C@H](CC2CCCCC2)NC(=O)[C@H](CCN)NC1=O. The van der Waals surface area contributed by atoms with Crippen molar-refractivity contribution in [3.8, 4) is 16.9 Å². The number of aliphatic carboxylic acids is 2. The molecule has 1 saturated heterocycles. The van der Waals surface area contributed by atoms with Crippen LogP contribution in [-0.4, -0.2) is 260 Å². The topological polar surface area (TPSA) is 664 Å². The van der Waals surface area contributed by atoms with E-state index in [9.17, 15) is 63.3 Å². The fourth-order valence-electron chi connectivity index (χ4n) is 16.5. The van der Waals surface area contributed by atoms with Gasteiger partial charge in [-0.15, -0.1) is 11.8 Å². The highest BCUT2D eigenvalue weighted by Crippen LogP contribution is 2.29. The Balaban J connectivity index is 1.22. The number of H-pyrrole nitrogens is 1. The zero-order valence-electron chi connectivity index (χ0n) is 82.2. The summed E-state index contributed by atoms with van der Waals surface area (Å²) in [5.74, 6) is -23.0. The fraction of sp³-hybridized carbons (Fsp3) is 0.510. The number of para-hydroxylation sites is 1. The molecule has 2 aromatic heterocycles. The van der Waals surface area contributed by atoms with Crippen molar-refractivity contribution < 1.29 is 106 Å². The van der Waals surface area contributed by atoms with Crippen LogP contribution in [0, 0.1) is 29.6 Å². The van der Waals surface area contributed by atoms with Gasteiger partial charge in [-0.05, 0) is 152 Å². The highest BCUT2D eigenvalue weighted by molar-refractivity contribution is 8.00. The van der Waals surface area contributed by atoms with Gasteiger partial charge in [0, 0.05) is 60.9 Å². The Hall–Kier alpha value is -13.9. The van der Waals surface area contributed by atoms with Crippen LogP contribution < -0.4 is 102 Å². The second-order valence-electron chi connectivity index (χ2n) is 37.6. The van der Waals surface area contributed by atoms with Crippen LogP contribution in [0.15, 0.2) is 134 Å². The molecule has 25 N–H and O–H groups in total. The van der Waals surface area contributed by atoms with Crippen LogP contribution in [0.25, 0.3) is 22.0 Å². The predicted molar refractivity (Wildman–Crippen MR) is 531 cm³/mol. The zero-order valence-corrected chi connectivity index (χ0v) is 83.0. The lowest BCUT2D eigenvalue weighted by Crippen LogP contribution is -2.63. The molecule has 776 valence electrons. The molecule has 143 heavy (non-hydrogen) atoms. The number of primary amides is 1. The van der Waals surface area contributed by atoms with Crippen molar-refractivity contribution in [1.29, 1.82) is 0 Å². The molecular formula is C100H138N20O22S. The van der Waals surface area contributed by atoms with E-state index in [4.69, 9.17) is 21.9 Å². The fourth-order valence-corrected chi connectivity index (χ4v) is 17.4. The number of carbonyl (C=O) groups excluding carboxylic acids is 16. The lowest BCUT2D eigenvalue weighted by molar-refractivity contribution is -0.142.